The predicted octanol–water partition coefficient (Wildman–Crippen LogP) is 10.2. The number of hydrogen-bond acceptors (Lipinski definition) is 5. The summed E-state index contributed by atoms with van der Waals surface area (Å²) in [5, 5.41) is 0.821. The molecule has 5 nitrogen and oxygen atoms in total. The number of halogens is 1. The first-order valence-corrected chi connectivity index (χ1v) is 16.8. The van der Waals surface area contributed by atoms with Crippen LogP contribution in [0.25, 0.3) is 16.5 Å². The summed E-state index contributed by atoms with van der Waals surface area (Å²) in [5.41, 5.74) is 5.89. The number of rotatable bonds is 8. The van der Waals surface area contributed by atoms with Gasteiger partial charge in [-0.25, -0.2) is 4.39 Å². The number of benzene rings is 1. The van der Waals surface area contributed by atoms with Crippen molar-refractivity contribution >= 4 is 28.4 Å². The van der Waals surface area contributed by atoms with Crippen molar-refractivity contribution in [3.63, 3.8) is 0 Å². The molecule has 2 aliphatic rings. The normalized spacial score (nSPS) is 20.6. The van der Waals surface area contributed by atoms with Crippen molar-refractivity contribution in [2.75, 3.05) is 34.3 Å². The molecule has 0 amide bonds. The molecule has 0 radical (unpaired) electrons. The summed E-state index contributed by atoms with van der Waals surface area (Å²) in [6, 6.07) is 5.00. The van der Waals surface area contributed by atoms with Crippen LogP contribution in [-0.4, -0.2) is 56.1 Å². The summed E-state index contributed by atoms with van der Waals surface area (Å²) < 4.78 is 19.3. The van der Waals surface area contributed by atoms with Gasteiger partial charge in [0, 0.05) is 49.2 Å². The summed E-state index contributed by atoms with van der Waals surface area (Å²) in [5.74, 6) is 0.563. The second-order valence-corrected chi connectivity index (χ2v) is 12.6. The first-order chi connectivity index (χ1) is 21.8. The van der Waals surface area contributed by atoms with Gasteiger partial charge in [-0.05, 0) is 106 Å². The van der Waals surface area contributed by atoms with E-state index in [4.69, 9.17) is 9.73 Å². The van der Waals surface area contributed by atoms with Crippen molar-refractivity contribution in [1.29, 1.82) is 0 Å². The average Bonchev–Trinajstić information content (AvgIpc) is 3.14. The van der Waals surface area contributed by atoms with Crippen LogP contribution in [0.5, 0.6) is 5.75 Å². The lowest BCUT2D eigenvalue weighted by Gasteiger charge is -2.13. The highest BCUT2D eigenvalue weighted by Crippen LogP contribution is 2.30. The number of aliphatic imine (C=N–C) groups is 2. The quantitative estimate of drug-likeness (QED) is 0.169. The standard InChI is InChI=1S/C30H36FN3O.C9H19N/c1-6-8-25(16-24(20-32-4)15-23-10-7-9-21(2)11-12-23)34-19-22(3)26-13-14-33-29-18-28(31)30(35-5)17-27(26)29;1-10-8-6-4-2-3-5-7-9-10/h6,13-21H,1,7-12H2,2-5H3;2-9H2,1H3/b22-19+,23-15?,24-16-,32-20?,34-25+;. The number of aromatic nitrogens is 1. The van der Waals surface area contributed by atoms with E-state index in [-0.39, 0.29) is 5.75 Å². The van der Waals surface area contributed by atoms with Crippen LogP contribution in [0.2, 0.25) is 0 Å². The summed E-state index contributed by atoms with van der Waals surface area (Å²) >= 11 is 0. The van der Waals surface area contributed by atoms with Gasteiger partial charge in [-0.15, -0.1) is 6.58 Å². The summed E-state index contributed by atoms with van der Waals surface area (Å²) in [4.78, 5) is 15.8. The summed E-state index contributed by atoms with van der Waals surface area (Å²) in [6.45, 7) is 10.9. The zero-order valence-corrected chi connectivity index (χ0v) is 28.5. The topological polar surface area (TPSA) is 50.1 Å². The average molecular weight is 615 g/mol. The van der Waals surface area contributed by atoms with Gasteiger partial charge in [0.25, 0.3) is 0 Å². The Labute approximate surface area is 271 Å². The van der Waals surface area contributed by atoms with Gasteiger partial charge in [-0.3, -0.25) is 15.0 Å². The van der Waals surface area contributed by atoms with E-state index >= 15 is 0 Å². The number of pyridine rings is 1. The van der Waals surface area contributed by atoms with Crippen LogP contribution in [0, 0.1) is 11.7 Å². The second kappa shape index (κ2) is 19.9. The van der Waals surface area contributed by atoms with E-state index in [1.807, 2.05) is 31.5 Å². The van der Waals surface area contributed by atoms with E-state index in [1.54, 1.807) is 19.3 Å². The van der Waals surface area contributed by atoms with E-state index in [0.717, 1.165) is 46.6 Å². The fourth-order valence-corrected chi connectivity index (χ4v) is 5.99. The molecule has 2 aromatic rings. The smallest absolute Gasteiger partial charge is 0.167 e. The highest BCUT2D eigenvalue weighted by Gasteiger charge is 2.12. The van der Waals surface area contributed by atoms with Crippen molar-refractivity contribution in [1.82, 2.24) is 9.88 Å². The van der Waals surface area contributed by atoms with Crippen LogP contribution in [-0.2, 0) is 0 Å². The highest BCUT2D eigenvalue weighted by molar-refractivity contribution is 6.02. The van der Waals surface area contributed by atoms with Gasteiger partial charge in [0.1, 0.15) is 0 Å². The maximum atomic E-state index is 14.2. The zero-order chi connectivity index (χ0) is 32.4. The van der Waals surface area contributed by atoms with Gasteiger partial charge in [0.2, 0.25) is 0 Å². The van der Waals surface area contributed by atoms with Crippen molar-refractivity contribution < 1.29 is 9.13 Å². The highest BCUT2D eigenvalue weighted by atomic mass is 19.1. The maximum Gasteiger partial charge on any atom is 0.167 e. The lowest BCUT2D eigenvalue weighted by Crippen LogP contribution is -2.20. The third-order valence-electron chi connectivity index (χ3n) is 8.68. The predicted molar refractivity (Wildman–Crippen MR) is 192 cm³/mol. The Balaban J connectivity index is 0.000000468. The Bertz CT molecular complexity index is 1380. The fourth-order valence-electron chi connectivity index (χ4n) is 5.99. The van der Waals surface area contributed by atoms with Crippen LogP contribution in [0.15, 0.2) is 76.5 Å². The van der Waals surface area contributed by atoms with Gasteiger partial charge < -0.3 is 9.64 Å². The van der Waals surface area contributed by atoms with Gasteiger partial charge in [-0.2, -0.15) is 0 Å². The number of ether oxygens (including phenoxy) is 1. The SMILES string of the molecule is C=CCC(/C=C(\C=NC)C=C1CCCC(C)CC1)=N\C=C(/C)c1ccnc2cc(F)c(OC)cc12.CN1CCCCCCCC1. The van der Waals surface area contributed by atoms with Crippen molar-refractivity contribution in [3.8, 4) is 5.75 Å². The summed E-state index contributed by atoms with van der Waals surface area (Å²) in [6.07, 6.45) is 27.0. The molecular weight excluding hydrogens is 559 g/mol. The minimum atomic E-state index is -0.426. The van der Waals surface area contributed by atoms with Crippen molar-refractivity contribution in [3.05, 3.63) is 77.9 Å². The van der Waals surface area contributed by atoms with E-state index in [1.165, 1.54) is 89.6 Å². The van der Waals surface area contributed by atoms with Crippen LogP contribution in [0.4, 0.5) is 4.39 Å². The molecule has 1 atom stereocenters. The third kappa shape index (κ3) is 12.5. The molecule has 45 heavy (non-hydrogen) atoms. The van der Waals surface area contributed by atoms with Crippen LogP contribution >= 0.6 is 0 Å². The number of methoxy groups -OCH3 is 1. The second-order valence-electron chi connectivity index (χ2n) is 12.6. The zero-order valence-electron chi connectivity index (χ0n) is 28.5. The van der Waals surface area contributed by atoms with Crippen LogP contribution < -0.4 is 4.74 Å². The Morgan fingerprint density at radius 3 is 2.51 bits per heavy atom. The minimum absolute atomic E-state index is 0.197. The van der Waals surface area contributed by atoms with Gasteiger partial charge in [-0.1, -0.05) is 56.8 Å². The molecule has 2 heterocycles. The first-order valence-electron chi connectivity index (χ1n) is 16.8. The van der Waals surface area contributed by atoms with Gasteiger partial charge >= 0.3 is 0 Å². The first kappa shape index (κ1) is 36.1. The molecule has 1 saturated heterocycles. The number of fused-ring (bicyclic) bond motifs is 1. The van der Waals surface area contributed by atoms with Gasteiger partial charge in [0.15, 0.2) is 11.6 Å². The Hall–Kier alpha value is -3.38. The molecule has 1 aromatic heterocycles. The molecule has 1 aliphatic carbocycles. The number of hydrogen-bond donors (Lipinski definition) is 0. The molecule has 1 unspecified atom stereocenters. The molecule has 1 saturated carbocycles. The van der Waals surface area contributed by atoms with Crippen LogP contribution in [0.1, 0.15) is 96.5 Å². The molecule has 6 heteroatoms. The van der Waals surface area contributed by atoms with E-state index in [9.17, 15) is 4.39 Å². The molecule has 0 bridgehead atoms. The monoisotopic (exact) mass is 614 g/mol. The lowest BCUT2D eigenvalue weighted by atomic mass is 10.0. The number of allylic oxidation sites excluding steroid dienone is 6. The van der Waals surface area contributed by atoms with E-state index in [0.29, 0.717) is 11.9 Å². The van der Waals surface area contributed by atoms with E-state index < -0.39 is 5.82 Å². The summed E-state index contributed by atoms with van der Waals surface area (Å²) in [7, 11) is 5.50. The fraction of sp³-hybridized carbons (Fsp3) is 0.513. The Morgan fingerprint density at radius 1 is 1.09 bits per heavy atom. The molecule has 1 aromatic carbocycles. The lowest BCUT2D eigenvalue weighted by molar-refractivity contribution is 0.327. The molecule has 0 spiro atoms. The van der Waals surface area contributed by atoms with Crippen LogP contribution in [0.3, 0.4) is 0 Å². The van der Waals surface area contributed by atoms with Gasteiger partial charge in [0.05, 0.1) is 12.6 Å². The van der Waals surface area contributed by atoms with E-state index in [2.05, 4.69) is 47.6 Å². The van der Waals surface area contributed by atoms with Crippen molar-refractivity contribution in [2.24, 2.45) is 15.9 Å². The minimum Gasteiger partial charge on any atom is -0.494 e. The largest absolute Gasteiger partial charge is 0.494 e. The molecule has 4 rings (SSSR count). The number of nitrogens with zero attached hydrogens (tertiary/aromatic N) is 4. The Kier molecular flexibility index (Phi) is 16.0. The molecule has 0 N–H and O–H groups in total. The molecule has 2 fully saturated rings. The third-order valence-corrected chi connectivity index (χ3v) is 8.68. The molecular formula is C39H55FN4O. The molecule has 244 valence electrons. The molecule has 1 aliphatic heterocycles. The van der Waals surface area contributed by atoms with Crippen molar-refractivity contribution in [2.45, 2.75) is 90.9 Å². The Morgan fingerprint density at radius 2 is 1.82 bits per heavy atom. The maximum absolute atomic E-state index is 14.2.